The molecule has 0 bridgehead atoms. The predicted octanol–water partition coefficient (Wildman–Crippen LogP) is 5.29. The molecule has 0 fully saturated rings. The number of carbonyl (C=O) groups excluding carboxylic acids is 2. The molecule has 0 heterocycles. The van der Waals surface area contributed by atoms with Gasteiger partial charge in [-0.1, -0.05) is 53.5 Å². The first kappa shape index (κ1) is 23.2. The van der Waals surface area contributed by atoms with Gasteiger partial charge in [0, 0.05) is 11.4 Å². The standard InChI is InChI=1S/C22H19BrCl2N2O4/c23-22-16-5-2-1-4-14(16)7-9-19(22)31-13-21(29)27-26-20(28)6-3-11-30-18-10-8-15(24)12-17(18)25/h1-2,4-5,7-10,12H,3,6,11,13H2,(H,26,28)(H,27,29). The van der Waals surface area contributed by atoms with Gasteiger partial charge < -0.3 is 9.47 Å². The van der Waals surface area contributed by atoms with Gasteiger partial charge in [-0.05, 0) is 57.4 Å². The summed E-state index contributed by atoms with van der Waals surface area (Å²) in [5.41, 5.74) is 4.68. The van der Waals surface area contributed by atoms with Gasteiger partial charge in [-0.15, -0.1) is 0 Å². The summed E-state index contributed by atoms with van der Waals surface area (Å²) >= 11 is 15.3. The molecule has 0 saturated carbocycles. The summed E-state index contributed by atoms with van der Waals surface area (Å²) < 4.78 is 11.8. The van der Waals surface area contributed by atoms with Gasteiger partial charge in [0.05, 0.1) is 16.1 Å². The Balaban J connectivity index is 1.36. The van der Waals surface area contributed by atoms with Crippen molar-refractivity contribution in [1.82, 2.24) is 10.9 Å². The highest BCUT2D eigenvalue weighted by Crippen LogP contribution is 2.33. The fourth-order valence-electron chi connectivity index (χ4n) is 2.71. The second-order valence-corrected chi connectivity index (χ2v) is 8.15. The van der Waals surface area contributed by atoms with Crippen LogP contribution in [0.3, 0.4) is 0 Å². The molecule has 31 heavy (non-hydrogen) atoms. The zero-order chi connectivity index (χ0) is 22.2. The Bertz CT molecular complexity index is 1090. The highest BCUT2D eigenvalue weighted by atomic mass is 79.9. The molecule has 0 aliphatic carbocycles. The molecule has 0 atom stereocenters. The molecule has 3 rings (SSSR count). The van der Waals surface area contributed by atoms with Crippen molar-refractivity contribution >= 4 is 61.7 Å². The fraction of sp³-hybridized carbons (Fsp3) is 0.182. The third kappa shape index (κ3) is 6.75. The molecule has 0 unspecified atom stereocenters. The summed E-state index contributed by atoms with van der Waals surface area (Å²) in [7, 11) is 0. The molecule has 2 N–H and O–H groups in total. The summed E-state index contributed by atoms with van der Waals surface area (Å²) in [5, 5.41) is 2.96. The average molecular weight is 526 g/mol. The molecule has 9 heteroatoms. The van der Waals surface area contributed by atoms with Crippen molar-refractivity contribution < 1.29 is 19.1 Å². The fourth-order valence-corrected chi connectivity index (χ4v) is 3.78. The van der Waals surface area contributed by atoms with Gasteiger partial charge in [0.15, 0.2) is 6.61 Å². The van der Waals surface area contributed by atoms with Crippen LogP contribution in [0.2, 0.25) is 10.0 Å². The van der Waals surface area contributed by atoms with E-state index in [2.05, 4.69) is 26.8 Å². The summed E-state index contributed by atoms with van der Waals surface area (Å²) in [4.78, 5) is 23.8. The van der Waals surface area contributed by atoms with Gasteiger partial charge in [-0.3, -0.25) is 20.4 Å². The lowest BCUT2D eigenvalue weighted by Crippen LogP contribution is -2.43. The average Bonchev–Trinajstić information content (AvgIpc) is 2.76. The molecule has 0 radical (unpaired) electrons. The highest BCUT2D eigenvalue weighted by molar-refractivity contribution is 9.10. The Labute approximate surface area is 197 Å². The number of carbonyl (C=O) groups is 2. The summed E-state index contributed by atoms with van der Waals surface area (Å²) in [5.74, 6) is 0.221. The third-order valence-corrected chi connectivity index (χ3v) is 5.58. The first-order valence-corrected chi connectivity index (χ1v) is 10.9. The molecule has 3 aromatic carbocycles. The van der Waals surface area contributed by atoms with Crippen molar-refractivity contribution in [2.24, 2.45) is 0 Å². The van der Waals surface area contributed by atoms with Crippen LogP contribution in [0, 0.1) is 0 Å². The molecule has 0 aromatic heterocycles. The molecule has 3 aromatic rings. The maximum atomic E-state index is 12.0. The Morgan fingerprint density at radius 1 is 0.903 bits per heavy atom. The predicted molar refractivity (Wildman–Crippen MR) is 125 cm³/mol. The quantitative estimate of drug-likeness (QED) is 0.309. The van der Waals surface area contributed by atoms with E-state index in [9.17, 15) is 9.59 Å². The number of hydrogen-bond donors (Lipinski definition) is 2. The molecule has 0 aliphatic rings. The zero-order valence-corrected chi connectivity index (χ0v) is 19.4. The number of ether oxygens (including phenoxy) is 2. The number of halogens is 3. The van der Waals surface area contributed by atoms with Gasteiger partial charge in [0.2, 0.25) is 5.91 Å². The monoisotopic (exact) mass is 524 g/mol. The van der Waals surface area contributed by atoms with E-state index in [0.29, 0.717) is 34.6 Å². The van der Waals surface area contributed by atoms with E-state index in [1.54, 1.807) is 24.3 Å². The van der Waals surface area contributed by atoms with Crippen molar-refractivity contribution in [3.05, 3.63) is 69.1 Å². The number of amides is 2. The Morgan fingerprint density at radius 3 is 2.45 bits per heavy atom. The lowest BCUT2D eigenvalue weighted by Gasteiger charge is -2.11. The minimum absolute atomic E-state index is 0.169. The lowest BCUT2D eigenvalue weighted by molar-refractivity contribution is -0.130. The van der Waals surface area contributed by atoms with E-state index in [0.717, 1.165) is 15.2 Å². The van der Waals surface area contributed by atoms with Crippen molar-refractivity contribution in [1.29, 1.82) is 0 Å². The van der Waals surface area contributed by atoms with Crippen LogP contribution in [0.4, 0.5) is 0 Å². The minimum atomic E-state index is -0.474. The number of rotatable bonds is 8. The number of fused-ring (bicyclic) bond motifs is 1. The highest BCUT2D eigenvalue weighted by Gasteiger charge is 2.10. The molecule has 0 saturated heterocycles. The molecule has 2 amide bonds. The van der Waals surface area contributed by atoms with E-state index in [4.69, 9.17) is 32.7 Å². The second-order valence-electron chi connectivity index (χ2n) is 6.51. The summed E-state index contributed by atoms with van der Waals surface area (Å²) in [6.07, 6.45) is 0.615. The maximum absolute atomic E-state index is 12.0. The largest absolute Gasteiger partial charge is 0.492 e. The van der Waals surface area contributed by atoms with E-state index in [-0.39, 0.29) is 18.9 Å². The normalized spacial score (nSPS) is 10.5. The topological polar surface area (TPSA) is 76.7 Å². The van der Waals surface area contributed by atoms with Gasteiger partial charge in [-0.25, -0.2) is 0 Å². The number of hydrogen-bond acceptors (Lipinski definition) is 4. The van der Waals surface area contributed by atoms with E-state index >= 15 is 0 Å². The third-order valence-electron chi connectivity index (χ3n) is 4.23. The summed E-state index contributed by atoms with van der Waals surface area (Å²) in [6, 6.07) is 16.4. The summed E-state index contributed by atoms with van der Waals surface area (Å²) in [6.45, 7) is 0.0528. The van der Waals surface area contributed by atoms with Gasteiger partial charge in [0.25, 0.3) is 5.91 Å². The van der Waals surface area contributed by atoms with E-state index < -0.39 is 5.91 Å². The van der Waals surface area contributed by atoms with Crippen LogP contribution < -0.4 is 20.3 Å². The van der Waals surface area contributed by atoms with Crippen molar-refractivity contribution in [2.75, 3.05) is 13.2 Å². The molecular formula is C22H19BrCl2N2O4. The molecule has 0 spiro atoms. The minimum Gasteiger partial charge on any atom is -0.492 e. The van der Waals surface area contributed by atoms with Gasteiger partial charge in [-0.2, -0.15) is 0 Å². The van der Waals surface area contributed by atoms with Crippen LogP contribution in [0.15, 0.2) is 59.1 Å². The molecular weight excluding hydrogens is 507 g/mol. The van der Waals surface area contributed by atoms with Crippen molar-refractivity contribution in [2.45, 2.75) is 12.8 Å². The van der Waals surface area contributed by atoms with Crippen molar-refractivity contribution in [3.63, 3.8) is 0 Å². The van der Waals surface area contributed by atoms with E-state index in [1.807, 2.05) is 30.3 Å². The first-order chi connectivity index (χ1) is 14.9. The second kappa shape index (κ2) is 11.2. The van der Waals surface area contributed by atoms with Gasteiger partial charge in [0.1, 0.15) is 11.5 Å². The number of hydrazine groups is 1. The first-order valence-electron chi connectivity index (χ1n) is 9.39. The van der Waals surface area contributed by atoms with E-state index in [1.165, 1.54) is 0 Å². The molecule has 6 nitrogen and oxygen atoms in total. The Hall–Kier alpha value is -2.48. The Kier molecular flexibility index (Phi) is 8.40. The lowest BCUT2D eigenvalue weighted by atomic mass is 10.1. The zero-order valence-electron chi connectivity index (χ0n) is 16.3. The van der Waals surface area contributed by atoms with Crippen LogP contribution in [-0.4, -0.2) is 25.0 Å². The molecule has 162 valence electrons. The van der Waals surface area contributed by atoms with Crippen LogP contribution in [0.5, 0.6) is 11.5 Å². The Morgan fingerprint density at radius 2 is 1.65 bits per heavy atom. The maximum Gasteiger partial charge on any atom is 0.276 e. The molecule has 0 aliphatic heterocycles. The number of nitrogens with one attached hydrogen (secondary N) is 2. The smallest absolute Gasteiger partial charge is 0.276 e. The number of benzene rings is 3. The van der Waals surface area contributed by atoms with Crippen molar-refractivity contribution in [3.8, 4) is 11.5 Å². The van der Waals surface area contributed by atoms with Crippen LogP contribution in [-0.2, 0) is 9.59 Å². The van der Waals surface area contributed by atoms with Crippen LogP contribution >= 0.6 is 39.1 Å². The SMILES string of the molecule is O=C(CCCOc1ccc(Cl)cc1Cl)NNC(=O)COc1ccc2ccccc2c1Br. The van der Waals surface area contributed by atoms with Crippen LogP contribution in [0.25, 0.3) is 10.8 Å². The van der Waals surface area contributed by atoms with Crippen LogP contribution in [0.1, 0.15) is 12.8 Å². The van der Waals surface area contributed by atoms with Gasteiger partial charge >= 0.3 is 0 Å².